The number of nitrogens with one attached hydrogen (secondary N) is 2. The SMILES string of the molecule is C=CCNC(=O)C1(NCc2c(C)noc2C)CCCCC1. The molecule has 21 heavy (non-hydrogen) atoms. The summed E-state index contributed by atoms with van der Waals surface area (Å²) in [6, 6.07) is 0. The van der Waals surface area contributed by atoms with Gasteiger partial charge in [0.2, 0.25) is 5.91 Å². The van der Waals surface area contributed by atoms with E-state index >= 15 is 0 Å². The molecule has 1 saturated carbocycles. The van der Waals surface area contributed by atoms with Crippen LogP contribution in [0.2, 0.25) is 0 Å². The first kappa shape index (κ1) is 15.8. The maximum atomic E-state index is 12.5. The molecule has 1 heterocycles. The second-order valence-electron chi connectivity index (χ2n) is 5.80. The second kappa shape index (κ2) is 6.89. The van der Waals surface area contributed by atoms with Crippen LogP contribution in [-0.2, 0) is 11.3 Å². The van der Waals surface area contributed by atoms with Crippen LogP contribution in [0, 0.1) is 13.8 Å². The van der Waals surface area contributed by atoms with Crippen LogP contribution in [0.3, 0.4) is 0 Å². The predicted molar refractivity (Wildman–Crippen MR) is 81.8 cm³/mol. The van der Waals surface area contributed by atoms with Crippen molar-refractivity contribution < 1.29 is 9.32 Å². The van der Waals surface area contributed by atoms with E-state index in [1.807, 2.05) is 13.8 Å². The third kappa shape index (κ3) is 3.53. The van der Waals surface area contributed by atoms with E-state index in [2.05, 4.69) is 22.4 Å². The van der Waals surface area contributed by atoms with Crippen LogP contribution in [0.25, 0.3) is 0 Å². The molecule has 1 aliphatic carbocycles. The predicted octanol–water partition coefficient (Wildman–Crippen LogP) is 2.39. The number of carbonyl (C=O) groups is 1. The van der Waals surface area contributed by atoms with E-state index in [1.54, 1.807) is 6.08 Å². The Morgan fingerprint density at radius 3 is 2.67 bits per heavy atom. The molecule has 5 nitrogen and oxygen atoms in total. The third-order valence-corrected chi connectivity index (χ3v) is 4.33. The van der Waals surface area contributed by atoms with Gasteiger partial charge in [0.15, 0.2) is 0 Å². The van der Waals surface area contributed by atoms with Gasteiger partial charge in [-0.15, -0.1) is 6.58 Å². The Morgan fingerprint density at radius 2 is 2.10 bits per heavy atom. The highest BCUT2D eigenvalue weighted by Crippen LogP contribution is 2.29. The van der Waals surface area contributed by atoms with Crippen molar-refractivity contribution in [3.05, 3.63) is 29.7 Å². The van der Waals surface area contributed by atoms with Gasteiger partial charge in [0.05, 0.1) is 11.2 Å². The smallest absolute Gasteiger partial charge is 0.240 e. The number of nitrogens with zero attached hydrogens (tertiary/aromatic N) is 1. The Bertz CT molecular complexity index is 482. The lowest BCUT2D eigenvalue weighted by atomic mass is 9.80. The Morgan fingerprint density at radius 1 is 1.38 bits per heavy atom. The fourth-order valence-corrected chi connectivity index (χ4v) is 2.99. The van der Waals surface area contributed by atoms with Gasteiger partial charge >= 0.3 is 0 Å². The molecular formula is C16H25N3O2. The number of aromatic nitrogens is 1. The zero-order valence-electron chi connectivity index (χ0n) is 13.0. The molecule has 2 rings (SSSR count). The highest BCUT2D eigenvalue weighted by atomic mass is 16.5. The molecule has 1 fully saturated rings. The minimum absolute atomic E-state index is 0.0776. The monoisotopic (exact) mass is 291 g/mol. The number of hydrogen-bond acceptors (Lipinski definition) is 4. The highest BCUT2D eigenvalue weighted by Gasteiger charge is 2.38. The van der Waals surface area contributed by atoms with Crippen molar-refractivity contribution in [2.24, 2.45) is 0 Å². The molecule has 1 aromatic heterocycles. The number of rotatable bonds is 6. The molecule has 2 N–H and O–H groups in total. The van der Waals surface area contributed by atoms with E-state index in [0.29, 0.717) is 13.1 Å². The molecule has 116 valence electrons. The first-order valence-electron chi connectivity index (χ1n) is 7.65. The average molecular weight is 291 g/mol. The normalized spacial score (nSPS) is 17.4. The summed E-state index contributed by atoms with van der Waals surface area (Å²) >= 11 is 0. The summed E-state index contributed by atoms with van der Waals surface area (Å²) in [5.74, 6) is 0.895. The first-order chi connectivity index (χ1) is 10.1. The molecule has 0 aliphatic heterocycles. The van der Waals surface area contributed by atoms with E-state index < -0.39 is 5.54 Å². The van der Waals surface area contributed by atoms with E-state index in [-0.39, 0.29) is 5.91 Å². The van der Waals surface area contributed by atoms with Gasteiger partial charge < -0.3 is 9.84 Å². The lowest BCUT2D eigenvalue weighted by molar-refractivity contribution is -0.129. The zero-order chi connectivity index (χ0) is 15.3. The van der Waals surface area contributed by atoms with Crippen molar-refractivity contribution in [1.29, 1.82) is 0 Å². The molecule has 5 heteroatoms. The van der Waals surface area contributed by atoms with Gasteiger partial charge in [-0.3, -0.25) is 10.1 Å². The van der Waals surface area contributed by atoms with E-state index in [0.717, 1.165) is 42.7 Å². The Hall–Kier alpha value is -1.62. The van der Waals surface area contributed by atoms with Gasteiger partial charge in [-0.2, -0.15) is 0 Å². The van der Waals surface area contributed by atoms with Crippen LogP contribution in [0.1, 0.15) is 49.1 Å². The number of aryl methyl sites for hydroxylation is 2. The number of hydrogen-bond donors (Lipinski definition) is 2. The fourth-order valence-electron chi connectivity index (χ4n) is 2.99. The average Bonchev–Trinajstić information content (AvgIpc) is 2.82. The van der Waals surface area contributed by atoms with Crippen LogP contribution in [-0.4, -0.2) is 23.1 Å². The van der Waals surface area contributed by atoms with Gasteiger partial charge in [0, 0.05) is 18.7 Å². The maximum Gasteiger partial charge on any atom is 0.240 e. The summed E-state index contributed by atoms with van der Waals surface area (Å²) in [5, 5.41) is 10.4. The lowest BCUT2D eigenvalue weighted by Gasteiger charge is -2.36. The summed E-state index contributed by atoms with van der Waals surface area (Å²) in [5.41, 5.74) is 1.46. The summed E-state index contributed by atoms with van der Waals surface area (Å²) in [4.78, 5) is 12.5. The summed E-state index contributed by atoms with van der Waals surface area (Å²) in [6.45, 7) is 8.61. The molecule has 0 aromatic carbocycles. The maximum absolute atomic E-state index is 12.5. The second-order valence-corrected chi connectivity index (χ2v) is 5.80. The van der Waals surface area contributed by atoms with Crippen LogP contribution in [0.4, 0.5) is 0 Å². The standard InChI is InChI=1S/C16H25N3O2/c1-4-10-17-15(20)16(8-6-5-7-9-16)18-11-14-12(2)19-21-13(14)3/h4,18H,1,5-11H2,2-3H3,(H,17,20). The van der Waals surface area contributed by atoms with Gasteiger partial charge in [-0.25, -0.2) is 0 Å². The van der Waals surface area contributed by atoms with Crippen molar-refractivity contribution >= 4 is 5.91 Å². The summed E-state index contributed by atoms with van der Waals surface area (Å²) < 4.78 is 5.19. The van der Waals surface area contributed by atoms with Crippen molar-refractivity contribution in [1.82, 2.24) is 15.8 Å². The van der Waals surface area contributed by atoms with Gasteiger partial charge in [-0.05, 0) is 26.7 Å². The minimum atomic E-state index is -0.475. The van der Waals surface area contributed by atoms with Crippen molar-refractivity contribution in [2.75, 3.05) is 6.54 Å². The zero-order valence-corrected chi connectivity index (χ0v) is 13.0. The number of amides is 1. The van der Waals surface area contributed by atoms with Crippen molar-refractivity contribution in [3.63, 3.8) is 0 Å². The molecule has 1 amide bonds. The molecule has 0 unspecified atom stereocenters. The van der Waals surface area contributed by atoms with Crippen LogP contribution >= 0.6 is 0 Å². The highest BCUT2D eigenvalue weighted by molar-refractivity contribution is 5.86. The summed E-state index contributed by atoms with van der Waals surface area (Å²) in [6.07, 6.45) is 6.82. The van der Waals surface area contributed by atoms with Crippen molar-refractivity contribution in [2.45, 2.75) is 58.0 Å². The number of carbonyl (C=O) groups excluding carboxylic acids is 1. The minimum Gasteiger partial charge on any atom is -0.361 e. The van der Waals surface area contributed by atoms with E-state index in [1.165, 1.54) is 6.42 Å². The topological polar surface area (TPSA) is 67.2 Å². The van der Waals surface area contributed by atoms with E-state index in [4.69, 9.17) is 4.52 Å². The third-order valence-electron chi connectivity index (χ3n) is 4.33. The molecular weight excluding hydrogens is 266 g/mol. The molecule has 1 aliphatic rings. The molecule has 1 aromatic rings. The first-order valence-corrected chi connectivity index (χ1v) is 7.65. The van der Waals surface area contributed by atoms with Gasteiger partial charge in [-0.1, -0.05) is 30.5 Å². The quantitative estimate of drug-likeness (QED) is 0.790. The molecule has 0 spiro atoms. The van der Waals surface area contributed by atoms with E-state index in [9.17, 15) is 4.79 Å². The molecule has 0 saturated heterocycles. The van der Waals surface area contributed by atoms with Crippen LogP contribution in [0.15, 0.2) is 17.2 Å². The van der Waals surface area contributed by atoms with Crippen LogP contribution < -0.4 is 10.6 Å². The van der Waals surface area contributed by atoms with Crippen molar-refractivity contribution in [3.8, 4) is 0 Å². The van der Waals surface area contributed by atoms with Gasteiger partial charge in [0.25, 0.3) is 0 Å². The molecule has 0 bridgehead atoms. The Kier molecular flexibility index (Phi) is 5.17. The fraction of sp³-hybridized carbons (Fsp3) is 0.625. The Labute approximate surface area is 126 Å². The largest absolute Gasteiger partial charge is 0.361 e. The lowest BCUT2D eigenvalue weighted by Crippen LogP contribution is -2.57. The van der Waals surface area contributed by atoms with Crippen LogP contribution in [0.5, 0.6) is 0 Å². The van der Waals surface area contributed by atoms with Gasteiger partial charge in [0.1, 0.15) is 5.76 Å². The Balaban J connectivity index is 2.09. The summed E-state index contributed by atoms with van der Waals surface area (Å²) in [7, 11) is 0. The molecule has 0 radical (unpaired) electrons. The molecule has 0 atom stereocenters.